The van der Waals surface area contributed by atoms with Crippen LogP contribution in [0.1, 0.15) is 24.5 Å². The summed E-state index contributed by atoms with van der Waals surface area (Å²) in [6.45, 7) is 1.69. The van der Waals surface area contributed by atoms with Crippen LogP contribution >= 0.6 is 0 Å². The SMILES string of the molecule is COC(=O)[C@@H](C[C@@H](C)C#N)NC(=O)[C@H](Cc1ccccc1)NC(=O)OCc1ccccc1. The molecule has 0 fully saturated rings. The summed E-state index contributed by atoms with van der Waals surface area (Å²) in [4.78, 5) is 37.5. The number of rotatable bonds is 10. The number of ether oxygens (including phenoxy) is 2. The third kappa shape index (κ3) is 8.11. The van der Waals surface area contributed by atoms with E-state index in [0.29, 0.717) is 0 Å². The van der Waals surface area contributed by atoms with E-state index in [1.807, 2.05) is 66.7 Å². The molecule has 0 saturated heterocycles. The summed E-state index contributed by atoms with van der Waals surface area (Å²) in [6.07, 6.45) is -0.481. The molecule has 2 aromatic rings. The van der Waals surface area contributed by atoms with Crippen LogP contribution in [0, 0.1) is 17.2 Å². The molecule has 0 aliphatic carbocycles. The van der Waals surface area contributed by atoms with Crippen LogP contribution in [0.4, 0.5) is 4.79 Å². The Kier molecular flexibility index (Phi) is 9.72. The molecule has 2 rings (SSSR count). The standard InChI is InChI=1S/C24H27N3O5/c1-17(15-25)13-21(23(29)31-2)26-22(28)20(14-18-9-5-3-6-10-18)27-24(30)32-16-19-11-7-4-8-12-19/h3-12,17,20-21H,13-14,16H2,1-2H3,(H,26,28)(H,27,30)/t17-,20+,21-/m1/s1. The molecule has 0 heterocycles. The number of amides is 2. The second kappa shape index (κ2) is 12.7. The lowest BCUT2D eigenvalue weighted by atomic mass is 10.0. The van der Waals surface area contributed by atoms with Crippen molar-refractivity contribution in [1.29, 1.82) is 5.26 Å². The maximum absolute atomic E-state index is 13.0. The molecular formula is C24H27N3O5. The highest BCUT2D eigenvalue weighted by Crippen LogP contribution is 2.09. The van der Waals surface area contributed by atoms with Crippen LogP contribution in [-0.2, 0) is 32.1 Å². The summed E-state index contributed by atoms with van der Waals surface area (Å²) in [6, 6.07) is 18.3. The van der Waals surface area contributed by atoms with Crippen LogP contribution in [0.3, 0.4) is 0 Å². The number of nitrogens with one attached hydrogen (secondary N) is 2. The van der Waals surface area contributed by atoms with Gasteiger partial charge in [-0.05, 0) is 24.5 Å². The topological polar surface area (TPSA) is 118 Å². The average Bonchev–Trinajstić information content (AvgIpc) is 2.82. The fraction of sp³-hybridized carbons (Fsp3) is 0.333. The van der Waals surface area contributed by atoms with Gasteiger partial charge < -0.3 is 20.1 Å². The van der Waals surface area contributed by atoms with Crippen LogP contribution in [0.5, 0.6) is 0 Å². The van der Waals surface area contributed by atoms with Gasteiger partial charge in [0, 0.05) is 12.3 Å². The number of carbonyl (C=O) groups excluding carboxylic acids is 3. The lowest BCUT2D eigenvalue weighted by Gasteiger charge is -2.22. The van der Waals surface area contributed by atoms with E-state index in [1.54, 1.807) is 6.92 Å². The number of hydrogen-bond acceptors (Lipinski definition) is 6. The van der Waals surface area contributed by atoms with E-state index in [4.69, 9.17) is 14.7 Å². The quantitative estimate of drug-likeness (QED) is 0.552. The first-order chi connectivity index (χ1) is 15.4. The van der Waals surface area contributed by atoms with Crippen molar-refractivity contribution in [3.05, 3.63) is 71.8 Å². The van der Waals surface area contributed by atoms with Crippen LogP contribution < -0.4 is 10.6 Å². The molecule has 2 aromatic carbocycles. The van der Waals surface area contributed by atoms with Gasteiger partial charge in [0.15, 0.2) is 0 Å². The Morgan fingerprint density at radius 3 is 2.09 bits per heavy atom. The van der Waals surface area contributed by atoms with Gasteiger partial charge >= 0.3 is 12.1 Å². The van der Waals surface area contributed by atoms with Crippen LogP contribution in [0.15, 0.2) is 60.7 Å². The normalized spacial score (nSPS) is 13.0. The van der Waals surface area contributed by atoms with Gasteiger partial charge in [-0.2, -0.15) is 5.26 Å². The lowest BCUT2D eigenvalue weighted by molar-refractivity contribution is -0.145. The Morgan fingerprint density at radius 2 is 1.53 bits per heavy atom. The zero-order chi connectivity index (χ0) is 23.3. The highest BCUT2D eigenvalue weighted by Gasteiger charge is 2.29. The van der Waals surface area contributed by atoms with E-state index in [1.165, 1.54) is 7.11 Å². The number of esters is 1. The molecule has 0 saturated carbocycles. The van der Waals surface area contributed by atoms with E-state index in [0.717, 1.165) is 11.1 Å². The lowest BCUT2D eigenvalue weighted by Crippen LogP contribution is -2.53. The van der Waals surface area contributed by atoms with Crippen molar-refractivity contribution in [2.24, 2.45) is 5.92 Å². The smallest absolute Gasteiger partial charge is 0.408 e. The van der Waals surface area contributed by atoms with Crippen molar-refractivity contribution < 1.29 is 23.9 Å². The number of nitriles is 1. The van der Waals surface area contributed by atoms with Crippen molar-refractivity contribution in [2.45, 2.75) is 38.5 Å². The zero-order valence-corrected chi connectivity index (χ0v) is 18.1. The number of benzene rings is 2. The molecular weight excluding hydrogens is 410 g/mol. The fourth-order valence-electron chi connectivity index (χ4n) is 3.00. The number of hydrogen-bond donors (Lipinski definition) is 2. The minimum atomic E-state index is -1.01. The van der Waals surface area contributed by atoms with Gasteiger partial charge in [0.1, 0.15) is 18.7 Å². The van der Waals surface area contributed by atoms with Crippen LogP contribution in [0.2, 0.25) is 0 Å². The molecule has 0 bridgehead atoms. The number of alkyl carbamates (subject to hydrolysis) is 1. The minimum Gasteiger partial charge on any atom is -0.467 e. The molecule has 168 valence electrons. The summed E-state index contributed by atoms with van der Waals surface area (Å²) in [5, 5.41) is 14.2. The third-order valence-corrected chi connectivity index (χ3v) is 4.72. The van der Waals surface area contributed by atoms with E-state index in [-0.39, 0.29) is 19.4 Å². The second-order valence-corrected chi connectivity index (χ2v) is 7.30. The third-order valence-electron chi connectivity index (χ3n) is 4.72. The van der Waals surface area contributed by atoms with E-state index < -0.39 is 36.0 Å². The Hall–Kier alpha value is -3.86. The van der Waals surface area contributed by atoms with Gasteiger partial charge in [-0.1, -0.05) is 60.7 Å². The van der Waals surface area contributed by atoms with E-state index in [9.17, 15) is 14.4 Å². The molecule has 32 heavy (non-hydrogen) atoms. The Labute approximate surface area is 187 Å². The van der Waals surface area contributed by atoms with Crippen LogP contribution in [0.25, 0.3) is 0 Å². The molecule has 8 nitrogen and oxygen atoms in total. The second-order valence-electron chi connectivity index (χ2n) is 7.30. The fourth-order valence-corrected chi connectivity index (χ4v) is 3.00. The summed E-state index contributed by atoms with van der Waals surface area (Å²) in [5.41, 5.74) is 1.62. The van der Waals surface area contributed by atoms with Gasteiger partial charge in [-0.15, -0.1) is 0 Å². The molecule has 0 aromatic heterocycles. The summed E-state index contributed by atoms with van der Waals surface area (Å²) in [5.74, 6) is -1.72. The van der Waals surface area contributed by atoms with Gasteiger partial charge in [0.2, 0.25) is 5.91 Å². The maximum Gasteiger partial charge on any atom is 0.408 e. The van der Waals surface area contributed by atoms with E-state index in [2.05, 4.69) is 10.6 Å². The Balaban J connectivity index is 2.10. The Bertz CT molecular complexity index is 928. The molecule has 2 amide bonds. The van der Waals surface area contributed by atoms with Crippen molar-refractivity contribution in [1.82, 2.24) is 10.6 Å². The number of carbonyl (C=O) groups is 3. The summed E-state index contributed by atoms with van der Waals surface area (Å²) >= 11 is 0. The molecule has 0 radical (unpaired) electrons. The van der Waals surface area contributed by atoms with Crippen molar-refractivity contribution in [2.75, 3.05) is 7.11 Å². The highest BCUT2D eigenvalue weighted by molar-refractivity contribution is 5.89. The van der Waals surface area contributed by atoms with Crippen LogP contribution in [-0.4, -0.2) is 37.2 Å². The maximum atomic E-state index is 13.0. The minimum absolute atomic E-state index is 0.0524. The van der Waals surface area contributed by atoms with Gasteiger partial charge in [0.05, 0.1) is 13.2 Å². The van der Waals surface area contributed by atoms with E-state index >= 15 is 0 Å². The van der Waals surface area contributed by atoms with Crippen molar-refractivity contribution >= 4 is 18.0 Å². The first-order valence-electron chi connectivity index (χ1n) is 10.2. The predicted octanol–water partition coefficient (Wildman–Crippen LogP) is 2.73. The largest absolute Gasteiger partial charge is 0.467 e. The summed E-state index contributed by atoms with van der Waals surface area (Å²) < 4.78 is 9.99. The molecule has 0 aliphatic heterocycles. The molecule has 0 spiro atoms. The first kappa shape index (κ1) is 24.4. The molecule has 0 aliphatic rings. The first-order valence-corrected chi connectivity index (χ1v) is 10.2. The summed E-state index contributed by atoms with van der Waals surface area (Å²) in [7, 11) is 1.21. The molecule has 2 N–H and O–H groups in total. The zero-order valence-electron chi connectivity index (χ0n) is 18.1. The van der Waals surface area contributed by atoms with Crippen molar-refractivity contribution in [3.8, 4) is 6.07 Å². The number of nitrogens with zero attached hydrogens (tertiary/aromatic N) is 1. The average molecular weight is 437 g/mol. The highest BCUT2D eigenvalue weighted by atomic mass is 16.5. The molecule has 8 heteroatoms. The van der Waals surface area contributed by atoms with Crippen molar-refractivity contribution in [3.63, 3.8) is 0 Å². The Morgan fingerprint density at radius 1 is 0.938 bits per heavy atom. The molecule has 0 unspecified atom stereocenters. The van der Waals surface area contributed by atoms with Gasteiger partial charge in [-0.25, -0.2) is 9.59 Å². The van der Waals surface area contributed by atoms with Gasteiger partial charge in [0.25, 0.3) is 0 Å². The molecule has 3 atom stereocenters. The predicted molar refractivity (Wildman–Crippen MR) is 117 cm³/mol. The van der Waals surface area contributed by atoms with Gasteiger partial charge in [-0.3, -0.25) is 4.79 Å². The monoisotopic (exact) mass is 437 g/mol. The number of methoxy groups -OCH3 is 1.